The van der Waals surface area contributed by atoms with E-state index in [1.807, 2.05) is 11.8 Å². The first-order valence-electron chi connectivity index (χ1n) is 6.76. The molecule has 1 amide bonds. The van der Waals surface area contributed by atoms with Gasteiger partial charge in [-0.2, -0.15) is 11.8 Å². The Hall–Kier alpha value is -0.710. The molecule has 4 nitrogen and oxygen atoms in total. The second kappa shape index (κ2) is 6.45. The maximum absolute atomic E-state index is 12.0. The standard InChI is InChI=1S/C13H21NO3S/c15-12(10-2-1-3-11(10)13(16)17)14-8-9-4-6-18-7-5-9/h9-11H,1-8H2,(H,14,15)(H,16,17)/t10-,11+/m1/s1. The lowest BCUT2D eigenvalue weighted by atomic mass is 9.95. The first-order chi connectivity index (χ1) is 8.68. The van der Waals surface area contributed by atoms with E-state index in [9.17, 15) is 9.59 Å². The molecule has 2 aliphatic rings. The fourth-order valence-corrected chi connectivity index (χ4v) is 4.10. The number of carboxylic acids is 1. The van der Waals surface area contributed by atoms with Gasteiger partial charge in [-0.1, -0.05) is 6.42 Å². The molecule has 1 heterocycles. The van der Waals surface area contributed by atoms with Crippen molar-refractivity contribution in [3.05, 3.63) is 0 Å². The van der Waals surface area contributed by atoms with Crippen molar-refractivity contribution in [2.45, 2.75) is 32.1 Å². The van der Waals surface area contributed by atoms with Crippen LogP contribution in [0.15, 0.2) is 0 Å². The van der Waals surface area contributed by atoms with E-state index in [4.69, 9.17) is 5.11 Å². The molecule has 2 N–H and O–H groups in total. The number of hydrogen-bond donors (Lipinski definition) is 2. The van der Waals surface area contributed by atoms with E-state index < -0.39 is 11.9 Å². The monoisotopic (exact) mass is 271 g/mol. The largest absolute Gasteiger partial charge is 0.481 e. The smallest absolute Gasteiger partial charge is 0.307 e. The molecule has 0 aromatic carbocycles. The number of carbonyl (C=O) groups is 2. The van der Waals surface area contributed by atoms with Crippen LogP contribution < -0.4 is 5.32 Å². The van der Waals surface area contributed by atoms with Crippen LogP contribution in [-0.2, 0) is 9.59 Å². The van der Waals surface area contributed by atoms with E-state index in [1.54, 1.807) is 0 Å². The summed E-state index contributed by atoms with van der Waals surface area (Å²) in [5.41, 5.74) is 0. The first-order valence-corrected chi connectivity index (χ1v) is 7.92. The van der Waals surface area contributed by atoms with Crippen LogP contribution in [0.4, 0.5) is 0 Å². The molecule has 0 aromatic heterocycles. The van der Waals surface area contributed by atoms with Crippen molar-refractivity contribution in [1.29, 1.82) is 0 Å². The number of thioether (sulfide) groups is 1. The molecule has 1 aliphatic carbocycles. The Morgan fingerprint density at radius 3 is 2.44 bits per heavy atom. The topological polar surface area (TPSA) is 66.4 Å². The third-order valence-corrected chi connectivity index (χ3v) is 5.12. The van der Waals surface area contributed by atoms with Crippen LogP contribution in [0.25, 0.3) is 0 Å². The lowest BCUT2D eigenvalue weighted by Gasteiger charge is -2.23. The molecule has 0 unspecified atom stereocenters. The zero-order valence-electron chi connectivity index (χ0n) is 10.6. The van der Waals surface area contributed by atoms with Gasteiger partial charge in [0, 0.05) is 6.54 Å². The molecule has 0 bridgehead atoms. The lowest BCUT2D eigenvalue weighted by molar-refractivity contribution is -0.146. The van der Waals surface area contributed by atoms with Gasteiger partial charge >= 0.3 is 5.97 Å². The Balaban J connectivity index is 1.78. The lowest BCUT2D eigenvalue weighted by Crippen LogP contribution is -2.38. The van der Waals surface area contributed by atoms with Crippen molar-refractivity contribution >= 4 is 23.6 Å². The van der Waals surface area contributed by atoms with E-state index in [2.05, 4.69) is 5.32 Å². The molecule has 5 heteroatoms. The Bertz CT molecular complexity index is 315. The van der Waals surface area contributed by atoms with E-state index in [-0.39, 0.29) is 11.8 Å². The summed E-state index contributed by atoms with van der Waals surface area (Å²) in [5.74, 6) is 1.32. The molecule has 2 rings (SSSR count). The minimum atomic E-state index is -0.818. The second-order valence-electron chi connectivity index (χ2n) is 5.28. The van der Waals surface area contributed by atoms with Gasteiger partial charge in [0.25, 0.3) is 0 Å². The van der Waals surface area contributed by atoms with Gasteiger partial charge in [-0.3, -0.25) is 9.59 Å². The summed E-state index contributed by atoms with van der Waals surface area (Å²) in [7, 11) is 0. The van der Waals surface area contributed by atoms with Gasteiger partial charge in [-0.05, 0) is 43.1 Å². The van der Waals surface area contributed by atoms with Crippen molar-refractivity contribution in [1.82, 2.24) is 5.32 Å². The van der Waals surface area contributed by atoms with Crippen LogP contribution in [0, 0.1) is 17.8 Å². The molecule has 2 atom stereocenters. The Kier molecular flexibility index (Phi) is 4.92. The molecule has 18 heavy (non-hydrogen) atoms. The van der Waals surface area contributed by atoms with Crippen LogP contribution in [-0.4, -0.2) is 35.0 Å². The van der Waals surface area contributed by atoms with Crippen LogP contribution >= 0.6 is 11.8 Å². The summed E-state index contributed by atoms with van der Waals surface area (Å²) in [6, 6.07) is 0. The summed E-state index contributed by atoms with van der Waals surface area (Å²) >= 11 is 1.97. The fourth-order valence-electron chi connectivity index (χ4n) is 2.90. The first kappa shape index (κ1) is 13.7. The van der Waals surface area contributed by atoms with Gasteiger partial charge in [-0.15, -0.1) is 0 Å². The third kappa shape index (κ3) is 3.40. The molecule has 0 spiro atoms. The normalized spacial score (nSPS) is 29.1. The van der Waals surface area contributed by atoms with Crippen molar-refractivity contribution in [3.8, 4) is 0 Å². The predicted octanol–water partition coefficient (Wildman–Crippen LogP) is 1.75. The molecular weight excluding hydrogens is 250 g/mol. The summed E-state index contributed by atoms with van der Waals surface area (Å²) in [5, 5.41) is 12.0. The second-order valence-corrected chi connectivity index (χ2v) is 6.51. The van der Waals surface area contributed by atoms with Gasteiger partial charge in [0.2, 0.25) is 5.91 Å². The van der Waals surface area contributed by atoms with E-state index in [1.165, 1.54) is 11.5 Å². The number of carbonyl (C=O) groups excluding carboxylic acids is 1. The predicted molar refractivity (Wildman–Crippen MR) is 71.5 cm³/mol. The SMILES string of the molecule is O=C(O)[C@H]1CCC[C@H]1C(=O)NCC1CCSCC1. The minimum absolute atomic E-state index is 0.0434. The van der Waals surface area contributed by atoms with Gasteiger partial charge in [-0.25, -0.2) is 0 Å². The summed E-state index contributed by atoms with van der Waals surface area (Å²) in [6.45, 7) is 0.724. The highest BCUT2D eigenvalue weighted by Crippen LogP contribution is 2.32. The molecule has 102 valence electrons. The average Bonchev–Trinajstić information content (AvgIpc) is 2.86. The molecule has 1 saturated heterocycles. The zero-order valence-corrected chi connectivity index (χ0v) is 11.4. The number of hydrogen-bond acceptors (Lipinski definition) is 3. The van der Waals surface area contributed by atoms with Gasteiger partial charge in [0.05, 0.1) is 11.8 Å². The van der Waals surface area contributed by atoms with Crippen molar-refractivity contribution < 1.29 is 14.7 Å². The quantitative estimate of drug-likeness (QED) is 0.817. The number of rotatable bonds is 4. The molecular formula is C13H21NO3S. The molecule has 1 aliphatic heterocycles. The van der Waals surface area contributed by atoms with Gasteiger partial charge < -0.3 is 10.4 Å². The highest BCUT2D eigenvalue weighted by Gasteiger charge is 2.37. The third-order valence-electron chi connectivity index (χ3n) is 4.08. The maximum Gasteiger partial charge on any atom is 0.307 e. The van der Waals surface area contributed by atoms with Crippen LogP contribution in [0.3, 0.4) is 0 Å². The van der Waals surface area contributed by atoms with E-state index in [0.29, 0.717) is 12.3 Å². The zero-order chi connectivity index (χ0) is 13.0. The summed E-state index contributed by atoms with van der Waals surface area (Å²) in [6.07, 6.45) is 4.56. The molecule has 0 aromatic rings. The van der Waals surface area contributed by atoms with Crippen LogP contribution in [0.1, 0.15) is 32.1 Å². The number of carboxylic acid groups (broad SMARTS) is 1. The Labute approximate surface area is 112 Å². The molecule has 1 saturated carbocycles. The fraction of sp³-hybridized carbons (Fsp3) is 0.846. The number of amides is 1. The highest BCUT2D eigenvalue weighted by atomic mass is 32.2. The number of aliphatic carboxylic acids is 1. The number of nitrogens with one attached hydrogen (secondary N) is 1. The van der Waals surface area contributed by atoms with Crippen LogP contribution in [0.5, 0.6) is 0 Å². The van der Waals surface area contributed by atoms with Crippen molar-refractivity contribution in [3.63, 3.8) is 0 Å². The Morgan fingerprint density at radius 2 is 1.78 bits per heavy atom. The summed E-state index contributed by atoms with van der Waals surface area (Å²) < 4.78 is 0. The molecule has 2 fully saturated rings. The van der Waals surface area contributed by atoms with E-state index >= 15 is 0 Å². The van der Waals surface area contributed by atoms with Crippen molar-refractivity contribution in [2.75, 3.05) is 18.1 Å². The Morgan fingerprint density at radius 1 is 1.11 bits per heavy atom. The maximum atomic E-state index is 12.0. The van der Waals surface area contributed by atoms with Gasteiger partial charge in [0.1, 0.15) is 0 Å². The highest BCUT2D eigenvalue weighted by molar-refractivity contribution is 7.99. The average molecular weight is 271 g/mol. The minimum Gasteiger partial charge on any atom is -0.481 e. The summed E-state index contributed by atoms with van der Waals surface area (Å²) in [4.78, 5) is 23.1. The van der Waals surface area contributed by atoms with Crippen LogP contribution in [0.2, 0.25) is 0 Å². The van der Waals surface area contributed by atoms with Crippen molar-refractivity contribution in [2.24, 2.45) is 17.8 Å². The van der Waals surface area contributed by atoms with E-state index in [0.717, 1.165) is 32.2 Å². The molecule has 0 radical (unpaired) electrons. The van der Waals surface area contributed by atoms with Gasteiger partial charge in [0.15, 0.2) is 0 Å².